The predicted octanol–water partition coefficient (Wildman–Crippen LogP) is 3.41. The van der Waals surface area contributed by atoms with Crippen molar-refractivity contribution in [1.29, 1.82) is 0 Å². The Bertz CT molecular complexity index is 480. The zero-order valence-corrected chi connectivity index (χ0v) is 12.2. The van der Waals surface area contributed by atoms with Crippen LogP contribution in [0.4, 0.5) is 18.9 Å². The van der Waals surface area contributed by atoms with E-state index in [1.165, 1.54) is 12.1 Å². The Hall–Kier alpha value is -1.28. The molecule has 0 fully saturated rings. The maximum absolute atomic E-state index is 12.1. The maximum Gasteiger partial charge on any atom is 0.573 e. The first-order valence-corrected chi connectivity index (χ1v) is 6.64. The molecule has 0 bridgehead atoms. The minimum absolute atomic E-state index is 0.0803. The van der Waals surface area contributed by atoms with Crippen LogP contribution >= 0.6 is 15.9 Å². The molecule has 0 aliphatic rings. The van der Waals surface area contributed by atoms with Gasteiger partial charge in [-0.1, -0.05) is 13.3 Å². The molecule has 20 heavy (non-hydrogen) atoms. The van der Waals surface area contributed by atoms with Crippen LogP contribution < -0.4 is 15.8 Å². The standard InChI is InChI=1S/C12H14BrF3N2O2/c1-2-3-9(17)11(19)18-7-4-5-10(8(13)6-7)20-12(14,15)16/h4-6,9H,2-3,17H2,1H3,(H,18,19)/t9-/m1/s1. The number of nitrogens with one attached hydrogen (secondary N) is 1. The van der Waals surface area contributed by atoms with Gasteiger partial charge in [-0.05, 0) is 40.5 Å². The summed E-state index contributed by atoms with van der Waals surface area (Å²) in [6, 6.07) is 3.09. The molecule has 8 heteroatoms. The molecule has 0 heterocycles. The lowest BCUT2D eigenvalue weighted by Crippen LogP contribution is -2.35. The second-order valence-corrected chi connectivity index (χ2v) is 4.93. The molecule has 1 aromatic carbocycles. The van der Waals surface area contributed by atoms with Gasteiger partial charge in [-0.25, -0.2) is 0 Å². The predicted molar refractivity (Wildman–Crippen MR) is 72.3 cm³/mol. The molecular formula is C12H14BrF3N2O2. The zero-order chi connectivity index (χ0) is 15.3. The second kappa shape index (κ2) is 6.94. The smallest absolute Gasteiger partial charge is 0.405 e. The summed E-state index contributed by atoms with van der Waals surface area (Å²) in [4.78, 5) is 11.7. The van der Waals surface area contributed by atoms with Crippen molar-refractivity contribution in [3.8, 4) is 5.75 Å². The van der Waals surface area contributed by atoms with Crippen molar-refractivity contribution >= 4 is 27.5 Å². The van der Waals surface area contributed by atoms with Crippen molar-refractivity contribution in [2.24, 2.45) is 5.73 Å². The minimum atomic E-state index is -4.77. The molecule has 4 nitrogen and oxygen atoms in total. The highest BCUT2D eigenvalue weighted by Crippen LogP contribution is 2.32. The number of hydrogen-bond donors (Lipinski definition) is 2. The third-order valence-corrected chi connectivity index (χ3v) is 2.98. The third kappa shape index (κ3) is 5.38. The quantitative estimate of drug-likeness (QED) is 0.851. The van der Waals surface area contributed by atoms with Gasteiger partial charge in [-0.3, -0.25) is 4.79 Å². The monoisotopic (exact) mass is 354 g/mol. The SMILES string of the molecule is CCC[C@@H](N)C(=O)Nc1ccc(OC(F)(F)F)c(Br)c1. The number of ether oxygens (including phenoxy) is 1. The van der Waals surface area contributed by atoms with Gasteiger partial charge in [0.15, 0.2) is 0 Å². The largest absolute Gasteiger partial charge is 0.573 e. The van der Waals surface area contributed by atoms with Crippen LogP contribution in [-0.4, -0.2) is 18.3 Å². The van der Waals surface area contributed by atoms with Crippen LogP contribution in [0.5, 0.6) is 5.75 Å². The number of rotatable bonds is 5. The molecule has 1 rings (SSSR count). The van der Waals surface area contributed by atoms with E-state index in [1.54, 1.807) is 0 Å². The van der Waals surface area contributed by atoms with Gasteiger partial charge in [-0.15, -0.1) is 13.2 Å². The molecule has 0 aliphatic carbocycles. The number of halogens is 4. The first-order chi connectivity index (χ1) is 9.23. The van der Waals surface area contributed by atoms with Gasteiger partial charge in [0.25, 0.3) is 0 Å². The molecule has 0 radical (unpaired) electrons. The molecule has 1 amide bonds. The molecule has 0 saturated carbocycles. The van der Waals surface area contributed by atoms with E-state index in [9.17, 15) is 18.0 Å². The van der Waals surface area contributed by atoms with Crippen molar-refractivity contribution in [1.82, 2.24) is 0 Å². The Balaban J connectivity index is 2.75. The first kappa shape index (κ1) is 16.8. The van der Waals surface area contributed by atoms with Crippen LogP contribution in [-0.2, 0) is 4.79 Å². The number of alkyl halides is 3. The highest BCUT2D eigenvalue weighted by molar-refractivity contribution is 9.10. The van der Waals surface area contributed by atoms with Crippen LogP contribution in [0.1, 0.15) is 19.8 Å². The Labute approximate surface area is 122 Å². The van der Waals surface area contributed by atoms with Gasteiger partial charge in [0.1, 0.15) is 5.75 Å². The number of benzene rings is 1. The molecule has 1 atom stereocenters. The maximum atomic E-state index is 12.1. The fourth-order valence-corrected chi connectivity index (χ4v) is 1.92. The molecule has 0 aliphatic heterocycles. The Morgan fingerprint density at radius 1 is 1.50 bits per heavy atom. The lowest BCUT2D eigenvalue weighted by atomic mass is 10.1. The van der Waals surface area contributed by atoms with Gasteiger partial charge in [-0.2, -0.15) is 0 Å². The number of nitrogens with two attached hydrogens (primary N) is 1. The van der Waals surface area contributed by atoms with Crippen LogP contribution in [0, 0.1) is 0 Å². The third-order valence-electron chi connectivity index (χ3n) is 2.36. The molecule has 1 aromatic rings. The Kier molecular flexibility index (Phi) is 5.82. The summed E-state index contributed by atoms with van der Waals surface area (Å²) < 4.78 is 40.2. The van der Waals surface area contributed by atoms with Crippen LogP contribution in [0.2, 0.25) is 0 Å². The summed E-state index contributed by atoms with van der Waals surface area (Å²) in [6.07, 6.45) is -3.48. The van der Waals surface area contributed by atoms with E-state index in [0.717, 1.165) is 12.5 Å². The summed E-state index contributed by atoms with van der Waals surface area (Å²) >= 11 is 2.95. The fourth-order valence-electron chi connectivity index (χ4n) is 1.46. The summed E-state index contributed by atoms with van der Waals surface area (Å²) in [5.41, 5.74) is 5.97. The lowest BCUT2D eigenvalue weighted by molar-refractivity contribution is -0.274. The topological polar surface area (TPSA) is 64.4 Å². The molecule has 0 spiro atoms. The summed E-state index contributed by atoms with van der Waals surface area (Å²) in [5, 5.41) is 2.53. The normalized spacial score (nSPS) is 12.9. The summed E-state index contributed by atoms with van der Waals surface area (Å²) in [7, 11) is 0. The van der Waals surface area contributed by atoms with Crippen LogP contribution in [0.15, 0.2) is 22.7 Å². The van der Waals surface area contributed by atoms with Crippen molar-refractivity contribution < 1.29 is 22.7 Å². The number of hydrogen-bond acceptors (Lipinski definition) is 3. The van der Waals surface area contributed by atoms with E-state index in [1.807, 2.05) is 6.92 Å². The highest BCUT2D eigenvalue weighted by atomic mass is 79.9. The minimum Gasteiger partial charge on any atom is -0.405 e. The number of carbonyl (C=O) groups is 1. The van der Waals surface area contributed by atoms with Crippen molar-refractivity contribution in [3.05, 3.63) is 22.7 Å². The molecule has 0 aromatic heterocycles. The van der Waals surface area contributed by atoms with Crippen LogP contribution in [0.25, 0.3) is 0 Å². The average Bonchev–Trinajstić information content (AvgIpc) is 2.31. The van der Waals surface area contributed by atoms with Crippen molar-refractivity contribution in [2.45, 2.75) is 32.2 Å². The Morgan fingerprint density at radius 2 is 2.15 bits per heavy atom. The van der Waals surface area contributed by atoms with Crippen molar-refractivity contribution in [2.75, 3.05) is 5.32 Å². The zero-order valence-electron chi connectivity index (χ0n) is 10.6. The van der Waals surface area contributed by atoms with Gasteiger partial charge < -0.3 is 15.8 Å². The first-order valence-electron chi connectivity index (χ1n) is 5.84. The van der Waals surface area contributed by atoms with Crippen molar-refractivity contribution in [3.63, 3.8) is 0 Å². The number of anilines is 1. The number of amides is 1. The van der Waals surface area contributed by atoms with E-state index < -0.39 is 12.4 Å². The molecule has 0 unspecified atom stereocenters. The molecule has 0 saturated heterocycles. The fraction of sp³-hybridized carbons (Fsp3) is 0.417. The van der Waals surface area contributed by atoms with Gasteiger partial charge in [0, 0.05) is 5.69 Å². The van der Waals surface area contributed by atoms with Crippen LogP contribution in [0.3, 0.4) is 0 Å². The van der Waals surface area contributed by atoms with E-state index >= 15 is 0 Å². The molecular weight excluding hydrogens is 341 g/mol. The molecule has 112 valence electrons. The summed E-state index contributed by atoms with van der Waals surface area (Å²) in [6.45, 7) is 1.90. The second-order valence-electron chi connectivity index (χ2n) is 4.08. The van der Waals surface area contributed by atoms with E-state index in [4.69, 9.17) is 5.73 Å². The van der Waals surface area contributed by atoms with Gasteiger partial charge in [0.05, 0.1) is 10.5 Å². The molecule has 3 N–H and O–H groups in total. The number of carbonyl (C=O) groups excluding carboxylic acids is 1. The van der Waals surface area contributed by atoms with E-state index in [0.29, 0.717) is 12.1 Å². The Morgan fingerprint density at radius 3 is 2.65 bits per heavy atom. The van der Waals surface area contributed by atoms with Gasteiger partial charge in [0.2, 0.25) is 5.91 Å². The van der Waals surface area contributed by atoms with E-state index in [-0.39, 0.29) is 16.1 Å². The van der Waals surface area contributed by atoms with E-state index in [2.05, 4.69) is 26.0 Å². The highest BCUT2D eigenvalue weighted by Gasteiger charge is 2.32. The summed E-state index contributed by atoms with van der Waals surface area (Å²) in [5.74, 6) is -0.767. The lowest BCUT2D eigenvalue weighted by Gasteiger charge is -2.14. The van der Waals surface area contributed by atoms with Gasteiger partial charge >= 0.3 is 6.36 Å². The average molecular weight is 355 g/mol.